The summed E-state index contributed by atoms with van der Waals surface area (Å²) in [5.41, 5.74) is 0. The van der Waals surface area contributed by atoms with Gasteiger partial charge in [0.2, 0.25) is 10.1 Å². The molecule has 5 nitrogen and oxygen atoms in total. The average molecular weight is 228 g/mol. The molecule has 1 unspecified atom stereocenters. The van der Waals surface area contributed by atoms with Crippen LogP contribution in [0.1, 0.15) is 30.1 Å². The maximum atomic E-state index is 11.9. The summed E-state index contributed by atoms with van der Waals surface area (Å²) in [4.78, 5) is 13.6. The van der Waals surface area contributed by atoms with Crippen molar-refractivity contribution in [1.29, 1.82) is 0 Å². The Morgan fingerprint density at radius 1 is 1.60 bits per heavy atom. The first-order valence-corrected chi connectivity index (χ1v) is 5.70. The van der Waals surface area contributed by atoms with Crippen molar-refractivity contribution in [1.82, 2.24) is 15.1 Å². The summed E-state index contributed by atoms with van der Waals surface area (Å²) in [5, 5.41) is 11.6. The lowest BCUT2D eigenvalue weighted by Gasteiger charge is -2.22. The van der Waals surface area contributed by atoms with E-state index in [0.717, 1.165) is 6.42 Å². The van der Waals surface area contributed by atoms with E-state index in [-0.39, 0.29) is 11.9 Å². The van der Waals surface area contributed by atoms with Crippen molar-refractivity contribution in [2.75, 3.05) is 19.4 Å². The molecule has 0 spiro atoms. The van der Waals surface area contributed by atoms with Crippen LogP contribution in [0, 0.1) is 0 Å². The van der Waals surface area contributed by atoms with Gasteiger partial charge in [-0.25, -0.2) is 0 Å². The molecule has 0 aliphatic rings. The molecular weight excluding hydrogens is 212 g/mol. The normalized spacial score (nSPS) is 12.3. The van der Waals surface area contributed by atoms with Gasteiger partial charge in [-0.1, -0.05) is 18.3 Å². The molecule has 15 heavy (non-hydrogen) atoms. The van der Waals surface area contributed by atoms with Gasteiger partial charge in [0.15, 0.2) is 0 Å². The molecule has 1 amide bonds. The van der Waals surface area contributed by atoms with E-state index in [0.29, 0.717) is 10.1 Å². The highest BCUT2D eigenvalue weighted by molar-refractivity contribution is 7.17. The van der Waals surface area contributed by atoms with Crippen LogP contribution in [-0.2, 0) is 0 Å². The number of nitrogens with one attached hydrogen (secondary N) is 1. The zero-order chi connectivity index (χ0) is 11.4. The van der Waals surface area contributed by atoms with Crippen LogP contribution in [0.15, 0.2) is 0 Å². The fourth-order valence-electron chi connectivity index (χ4n) is 1.04. The van der Waals surface area contributed by atoms with Crippen LogP contribution in [0.5, 0.6) is 0 Å². The monoisotopic (exact) mass is 228 g/mol. The molecule has 1 atom stereocenters. The maximum absolute atomic E-state index is 11.9. The zero-order valence-electron chi connectivity index (χ0n) is 9.44. The van der Waals surface area contributed by atoms with Gasteiger partial charge in [-0.05, 0) is 13.3 Å². The first kappa shape index (κ1) is 11.9. The Bertz CT molecular complexity index is 339. The third kappa shape index (κ3) is 2.65. The van der Waals surface area contributed by atoms with Gasteiger partial charge in [0, 0.05) is 20.1 Å². The molecule has 0 saturated heterocycles. The van der Waals surface area contributed by atoms with E-state index in [9.17, 15) is 4.79 Å². The molecule has 1 rings (SSSR count). The SMILES string of the molecule is CCC(C)N(C)C(=O)c1nnc(NC)s1. The molecule has 1 aromatic rings. The number of hydrogen-bond donors (Lipinski definition) is 1. The quantitative estimate of drug-likeness (QED) is 0.847. The highest BCUT2D eigenvalue weighted by Gasteiger charge is 2.19. The molecule has 0 radical (unpaired) electrons. The van der Waals surface area contributed by atoms with Gasteiger partial charge in [-0.15, -0.1) is 10.2 Å². The summed E-state index contributed by atoms with van der Waals surface area (Å²) >= 11 is 1.27. The predicted molar refractivity (Wildman–Crippen MR) is 61.3 cm³/mol. The topological polar surface area (TPSA) is 58.1 Å². The minimum Gasteiger partial charge on any atom is -0.363 e. The molecule has 0 aromatic carbocycles. The van der Waals surface area contributed by atoms with Crippen molar-refractivity contribution < 1.29 is 4.79 Å². The molecule has 0 fully saturated rings. The van der Waals surface area contributed by atoms with E-state index in [1.165, 1.54) is 11.3 Å². The first-order valence-electron chi connectivity index (χ1n) is 4.88. The number of amides is 1. The fraction of sp³-hybridized carbons (Fsp3) is 0.667. The van der Waals surface area contributed by atoms with Crippen LogP contribution in [0.2, 0.25) is 0 Å². The maximum Gasteiger partial charge on any atom is 0.284 e. The van der Waals surface area contributed by atoms with Gasteiger partial charge in [-0.2, -0.15) is 0 Å². The van der Waals surface area contributed by atoms with E-state index in [2.05, 4.69) is 15.5 Å². The Kier molecular flexibility index (Phi) is 4.02. The molecule has 6 heteroatoms. The zero-order valence-corrected chi connectivity index (χ0v) is 10.3. The second-order valence-corrected chi connectivity index (χ2v) is 4.31. The predicted octanol–water partition coefficient (Wildman–Crippen LogP) is 1.45. The average Bonchev–Trinajstić information content (AvgIpc) is 2.74. The number of nitrogens with zero attached hydrogens (tertiary/aromatic N) is 3. The van der Waals surface area contributed by atoms with Gasteiger partial charge in [0.25, 0.3) is 5.91 Å². The van der Waals surface area contributed by atoms with E-state index < -0.39 is 0 Å². The summed E-state index contributed by atoms with van der Waals surface area (Å²) in [6.07, 6.45) is 0.930. The van der Waals surface area contributed by atoms with Crippen LogP contribution in [0.25, 0.3) is 0 Å². The summed E-state index contributed by atoms with van der Waals surface area (Å²) in [6, 6.07) is 0.222. The van der Waals surface area contributed by atoms with Crippen molar-refractivity contribution in [2.24, 2.45) is 0 Å². The second kappa shape index (κ2) is 5.06. The van der Waals surface area contributed by atoms with Crippen LogP contribution in [0.4, 0.5) is 5.13 Å². The fourth-order valence-corrected chi connectivity index (χ4v) is 1.72. The molecule has 84 valence electrons. The highest BCUT2D eigenvalue weighted by atomic mass is 32.1. The molecular formula is C9H16N4OS. The van der Waals surface area contributed by atoms with E-state index in [1.807, 2.05) is 13.8 Å². The summed E-state index contributed by atoms with van der Waals surface area (Å²) < 4.78 is 0. The number of carbonyl (C=O) groups excluding carboxylic acids is 1. The Morgan fingerprint density at radius 2 is 2.27 bits per heavy atom. The first-order chi connectivity index (χ1) is 7.10. The van der Waals surface area contributed by atoms with Gasteiger partial charge < -0.3 is 10.2 Å². The van der Waals surface area contributed by atoms with Gasteiger partial charge in [0.1, 0.15) is 0 Å². The largest absolute Gasteiger partial charge is 0.363 e. The molecule has 1 N–H and O–H groups in total. The molecule has 1 heterocycles. The van der Waals surface area contributed by atoms with Crippen LogP contribution in [-0.4, -0.2) is 41.1 Å². The van der Waals surface area contributed by atoms with Crippen molar-refractivity contribution >= 4 is 22.4 Å². The Balaban J connectivity index is 2.75. The molecule has 0 saturated carbocycles. The van der Waals surface area contributed by atoms with Crippen LogP contribution >= 0.6 is 11.3 Å². The summed E-state index contributed by atoms with van der Waals surface area (Å²) in [7, 11) is 3.55. The van der Waals surface area contributed by atoms with Gasteiger partial charge in [0.05, 0.1) is 0 Å². The van der Waals surface area contributed by atoms with Crippen molar-refractivity contribution in [3.63, 3.8) is 0 Å². The molecule has 0 aliphatic carbocycles. The molecule has 1 aromatic heterocycles. The van der Waals surface area contributed by atoms with Crippen molar-refractivity contribution in [3.8, 4) is 0 Å². The number of hydrogen-bond acceptors (Lipinski definition) is 5. The van der Waals surface area contributed by atoms with E-state index in [1.54, 1.807) is 19.0 Å². The standard InChI is InChI=1S/C9H16N4OS/c1-5-6(2)13(4)8(14)7-11-12-9(10-3)15-7/h6H,5H2,1-4H3,(H,10,12). The third-order valence-electron chi connectivity index (χ3n) is 2.39. The van der Waals surface area contributed by atoms with Crippen molar-refractivity contribution in [3.05, 3.63) is 5.01 Å². The lowest BCUT2D eigenvalue weighted by atomic mass is 10.2. The number of aromatic nitrogens is 2. The number of anilines is 1. The smallest absolute Gasteiger partial charge is 0.284 e. The van der Waals surface area contributed by atoms with E-state index >= 15 is 0 Å². The third-order valence-corrected chi connectivity index (χ3v) is 3.32. The van der Waals surface area contributed by atoms with Crippen molar-refractivity contribution in [2.45, 2.75) is 26.3 Å². The summed E-state index contributed by atoms with van der Waals surface area (Å²) in [5.74, 6) is -0.0663. The Morgan fingerprint density at radius 3 is 2.73 bits per heavy atom. The second-order valence-electron chi connectivity index (χ2n) is 3.34. The Labute approximate surface area is 93.5 Å². The molecule has 0 aliphatic heterocycles. The Hall–Kier alpha value is -1.17. The number of rotatable bonds is 4. The van der Waals surface area contributed by atoms with Gasteiger partial charge >= 0.3 is 0 Å². The lowest BCUT2D eigenvalue weighted by molar-refractivity contribution is 0.0739. The minimum atomic E-state index is -0.0663. The van der Waals surface area contributed by atoms with Gasteiger partial charge in [-0.3, -0.25) is 4.79 Å². The summed E-state index contributed by atoms with van der Waals surface area (Å²) in [6.45, 7) is 4.06. The number of carbonyl (C=O) groups is 1. The lowest BCUT2D eigenvalue weighted by Crippen LogP contribution is -2.34. The highest BCUT2D eigenvalue weighted by Crippen LogP contribution is 2.16. The van der Waals surface area contributed by atoms with E-state index in [4.69, 9.17) is 0 Å². The minimum absolute atomic E-state index is 0.0663. The van der Waals surface area contributed by atoms with Crippen LogP contribution in [0.3, 0.4) is 0 Å². The van der Waals surface area contributed by atoms with Crippen LogP contribution < -0.4 is 5.32 Å². The molecule has 0 bridgehead atoms.